The highest BCUT2D eigenvalue weighted by molar-refractivity contribution is 9.10. The Kier molecular flexibility index (Phi) is 3.66. The van der Waals surface area contributed by atoms with Crippen LogP contribution in [-0.4, -0.2) is 17.1 Å². The Morgan fingerprint density at radius 1 is 1.50 bits per heavy atom. The Balaban J connectivity index is 2.06. The van der Waals surface area contributed by atoms with E-state index in [2.05, 4.69) is 35.1 Å². The number of carbonyl (C=O) groups is 1. The predicted octanol–water partition coefficient (Wildman–Crippen LogP) is 3.46. The van der Waals surface area contributed by atoms with E-state index in [1.807, 2.05) is 0 Å². The van der Waals surface area contributed by atoms with Crippen LogP contribution in [0, 0.1) is 5.41 Å². The number of halogens is 1. The van der Waals surface area contributed by atoms with Gasteiger partial charge in [0, 0.05) is 10.5 Å². The molecule has 0 heterocycles. The van der Waals surface area contributed by atoms with Crippen molar-refractivity contribution in [1.29, 1.82) is 0 Å². The monoisotopic (exact) mass is 311 g/mol. The van der Waals surface area contributed by atoms with Crippen molar-refractivity contribution in [1.82, 2.24) is 5.32 Å². The molecule has 0 saturated heterocycles. The van der Waals surface area contributed by atoms with E-state index in [1.54, 1.807) is 12.1 Å². The molecule has 1 aliphatic rings. The number of benzene rings is 1. The van der Waals surface area contributed by atoms with Crippen molar-refractivity contribution in [2.24, 2.45) is 5.41 Å². The zero-order chi connectivity index (χ0) is 13.3. The van der Waals surface area contributed by atoms with Gasteiger partial charge in [-0.2, -0.15) is 0 Å². The molecule has 1 unspecified atom stereocenters. The first-order valence-corrected chi connectivity index (χ1v) is 6.96. The van der Waals surface area contributed by atoms with Gasteiger partial charge in [-0.25, -0.2) is 0 Å². The topological polar surface area (TPSA) is 49.3 Å². The minimum absolute atomic E-state index is 0.0213. The number of rotatable bonds is 2. The lowest BCUT2D eigenvalue weighted by molar-refractivity contribution is 0.0933. The van der Waals surface area contributed by atoms with Gasteiger partial charge in [0.1, 0.15) is 5.75 Å². The van der Waals surface area contributed by atoms with Gasteiger partial charge in [0.05, 0.1) is 5.56 Å². The first kappa shape index (κ1) is 13.4. The van der Waals surface area contributed by atoms with Gasteiger partial charge in [0.15, 0.2) is 0 Å². The number of amides is 1. The van der Waals surface area contributed by atoms with Crippen molar-refractivity contribution in [3.8, 4) is 5.75 Å². The van der Waals surface area contributed by atoms with Crippen molar-refractivity contribution < 1.29 is 9.90 Å². The summed E-state index contributed by atoms with van der Waals surface area (Å²) in [5, 5.41) is 12.7. The Hall–Kier alpha value is -1.03. The van der Waals surface area contributed by atoms with Crippen LogP contribution in [0.4, 0.5) is 0 Å². The van der Waals surface area contributed by atoms with Gasteiger partial charge < -0.3 is 10.4 Å². The van der Waals surface area contributed by atoms with Crippen LogP contribution in [0.5, 0.6) is 5.75 Å². The van der Waals surface area contributed by atoms with E-state index in [9.17, 15) is 9.90 Å². The molecule has 0 aliphatic heterocycles. The number of phenols is 1. The Morgan fingerprint density at radius 3 is 2.83 bits per heavy atom. The normalized spacial score (nSPS) is 21.8. The largest absolute Gasteiger partial charge is 0.507 e. The van der Waals surface area contributed by atoms with Gasteiger partial charge in [-0.3, -0.25) is 4.79 Å². The molecule has 3 nitrogen and oxygen atoms in total. The predicted molar refractivity (Wildman–Crippen MR) is 74.7 cm³/mol. The molecule has 1 aromatic rings. The molecule has 1 aliphatic carbocycles. The molecule has 0 bridgehead atoms. The maximum Gasteiger partial charge on any atom is 0.255 e. The molecule has 2 N–H and O–H groups in total. The molecule has 0 spiro atoms. The third-order valence-electron chi connectivity index (χ3n) is 3.51. The Bertz CT molecular complexity index is 471. The first-order chi connectivity index (χ1) is 8.37. The van der Waals surface area contributed by atoms with Crippen LogP contribution in [0.2, 0.25) is 0 Å². The summed E-state index contributed by atoms with van der Waals surface area (Å²) in [5.74, 6) is -0.176. The number of nitrogens with one attached hydrogen (secondary N) is 1. The summed E-state index contributed by atoms with van der Waals surface area (Å²) in [5.41, 5.74) is 0.631. The molecule has 1 amide bonds. The molecule has 0 aromatic heterocycles. The molecule has 4 heteroatoms. The second kappa shape index (κ2) is 4.92. The highest BCUT2D eigenvalue weighted by Crippen LogP contribution is 2.37. The molecule has 2 rings (SSSR count). The molecule has 1 fully saturated rings. The van der Waals surface area contributed by atoms with E-state index in [4.69, 9.17) is 0 Å². The minimum atomic E-state index is -0.198. The number of hydrogen-bond donors (Lipinski definition) is 2. The lowest BCUT2D eigenvalue weighted by Gasteiger charge is -2.18. The van der Waals surface area contributed by atoms with Crippen LogP contribution in [-0.2, 0) is 0 Å². The van der Waals surface area contributed by atoms with Crippen molar-refractivity contribution in [2.45, 2.75) is 39.2 Å². The van der Waals surface area contributed by atoms with Gasteiger partial charge >= 0.3 is 0 Å². The molecule has 18 heavy (non-hydrogen) atoms. The van der Waals surface area contributed by atoms with Crippen LogP contribution in [0.3, 0.4) is 0 Å². The summed E-state index contributed by atoms with van der Waals surface area (Å²) in [6.45, 7) is 4.44. The van der Waals surface area contributed by atoms with E-state index < -0.39 is 0 Å². The summed E-state index contributed by atoms with van der Waals surface area (Å²) in [4.78, 5) is 12.1. The molecular formula is C14H18BrNO2. The van der Waals surface area contributed by atoms with E-state index >= 15 is 0 Å². The number of hydrogen-bond acceptors (Lipinski definition) is 2. The fourth-order valence-corrected chi connectivity index (χ4v) is 2.87. The highest BCUT2D eigenvalue weighted by atomic mass is 79.9. The number of carbonyl (C=O) groups excluding carboxylic acids is 1. The molecule has 1 aromatic carbocycles. The fraction of sp³-hybridized carbons (Fsp3) is 0.500. The average Bonchev–Trinajstić information content (AvgIpc) is 2.61. The van der Waals surface area contributed by atoms with Crippen LogP contribution >= 0.6 is 15.9 Å². The standard InChI is InChI=1S/C14H18BrNO2/c1-14(2)6-5-10(8-14)16-13(18)11-7-9(15)3-4-12(11)17/h3-4,7,10,17H,5-6,8H2,1-2H3,(H,16,18). The summed E-state index contributed by atoms with van der Waals surface area (Å²) in [7, 11) is 0. The highest BCUT2D eigenvalue weighted by Gasteiger charge is 2.32. The zero-order valence-electron chi connectivity index (χ0n) is 10.7. The second-order valence-corrected chi connectivity index (χ2v) is 6.65. The quantitative estimate of drug-likeness (QED) is 0.878. The number of aromatic hydroxyl groups is 1. The number of phenolic OH excluding ortho intramolecular Hbond substituents is 1. The third kappa shape index (κ3) is 3.05. The third-order valence-corrected chi connectivity index (χ3v) is 4.00. The van der Waals surface area contributed by atoms with Crippen LogP contribution in [0.1, 0.15) is 43.5 Å². The van der Waals surface area contributed by atoms with E-state index in [-0.39, 0.29) is 17.7 Å². The van der Waals surface area contributed by atoms with E-state index in [1.165, 1.54) is 6.07 Å². The summed E-state index contributed by atoms with van der Waals surface area (Å²) >= 11 is 3.30. The van der Waals surface area contributed by atoms with E-state index in [0.29, 0.717) is 11.0 Å². The van der Waals surface area contributed by atoms with Crippen LogP contribution in [0.15, 0.2) is 22.7 Å². The van der Waals surface area contributed by atoms with Gasteiger partial charge in [0.25, 0.3) is 5.91 Å². The van der Waals surface area contributed by atoms with Crippen LogP contribution < -0.4 is 5.32 Å². The van der Waals surface area contributed by atoms with Gasteiger partial charge in [-0.1, -0.05) is 29.8 Å². The summed E-state index contributed by atoms with van der Waals surface area (Å²) in [6, 6.07) is 5.10. The lowest BCUT2D eigenvalue weighted by Crippen LogP contribution is -2.33. The fourth-order valence-electron chi connectivity index (χ4n) is 2.51. The van der Waals surface area contributed by atoms with Gasteiger partial charge in [-0.15, -0.1) is 0 Å². The van der Waals surface area contributed by atoms with Crippen molar-refractivity contribution in [3.05, 3.63) is 28.2 Å². The lowest BCUT2D eigenvalue weighted by atomic mass is 9.92. The molecule has 1 atom stereocenters. The maximum absolute atomic E-state index is 12.1. The van der Waals surface area contributed by atoms with Gasteiger partial charge in [-0.05, 0) is 42.9 Å². The maximum atomic E-state index is 12.1. The van der Waals surface area contributed by atoms with E-state index in [0.717, 1.165) is 23.7 Å². The average molecular weight is 312 g/mol. The zero-order valence-corrected chi connectivity index (χ0v) is 12.3. The molecule has 1 saturated carbocycles. The molecule has 98 valence electrons. The van der Waals surface area contributed by atoms with Crippen molar-refractivity contribution in [2.75, 3.05) is 0 Å². The smallest absolute Gasteiger partial charge is 0.255 e. The summed E-state index contributed by atoms with van der Waals surface area (Å²) in [6.07, 6.45) is 3.13. The van der Waals surface area contributed by atoms with Crippen molar-refractivity contribution in [3.63, 3.8) is 0 Å². The molecular weight excluding hydrogens is 294 g/mol. The Labute approximate surface area is 116 Å². The second-order valence-electron chi connectivity index (χ2n) is 5.74. The summed E-state index contributed by atoms with van der Waals surface area (Å²) < 4.78 is 0.789. The minimum Gasteiger partial charge on any atom is -0.507 e. The van der Waals surface area contributed by atoms with Crippen molar-refractivity contribution >= 4 is 21.8 Å². The van der Waals surface area contributed by atoms with Crippen LogP contribution in [0.25, 0.3) is 0 Å². The molecule has 0 radical (unpaired) electrons. The Morgan fingerprint density at radius 2 is 2.22 bits per heavy atom. The first-order valence-electron chi connectivity index (χ1n) is 6.17. The van der Waals surface area contributed by atoms with Gasteiger partial charge in [0.2, 0.25) is 0 Å². The SMILES string of the molecule is CC1(C)CCC(NC(=O)c2cc(Br)ccc2O)C1.